The lowest BCUT2D eigenvalue weighted by atomic mass is 10.1. The summed E-state index contributed by atoms with van der Waals surface area (Å²) < 4.78 is 5.30. The Bertz CT molecular complexity index is 487. The third-order valence-electron chi connectivity index (χ3n) is 1.96. The summed E-state index contributed by atoms with van der Waals surface area (Å²) in [6.45, 7) is 5.49. The average molecular weight is 267 g/mol. The second-order valence-electron chi connectivity index (χ2n) is 4.81. The predicted molar refractivity (Wildman–Crippen MR) is 69.6 cm³/mol. The fourth-order valence-corrected chi connectivity index (χ4v) is 1.54. The molecule has 0 aliphatic rings. The van der Waals surface area contributed by atoms with E-state index in [1.165, 1.54) is 0 Å². The van der Waals surface area contributed by atoms with Gasteiger partial charge in [0.2, 0.25) is 0 Å². The first-order valence-electron chi connectivity index (χ1n) is 5.46. The molecule has 18 heavy (non-hydrogen) atoms. The molecule has 1 rings (SSSR count). The summed E-state index contributed by atoms with van der Waals surface area (Å²) in [5.41, 5.74) is -0.0740. The molecule has 96 valence electrons. The molecule has 4 nitrogen and oxygen atoms in total. The molecule has 1 amide bonds. The number of benzene rings is 1. The molecule has 0 aromatic heterocycles. The largest absolute Gasteiger partial charge is 0.482 e. The van der Waals surface area contributed by atoms with Crippen LogP contribution < -0.4 is 10.1 Å². The van der Waals surface area contributed by atoms with E-state index in [-0.39, 0.29) is 23.6 Å². The standard InChI is InChI=1S/C13H15ClN2O2/c1-13(2,3)16-12(17)8-18-11-6-4-5-10(14)9(11)7-15/h4-6H,8H2,1-3H3,(H,16,17). The maximum absolute atomic E-state index is 11.6. The van der Waals surface area contributed by atoms with Crippen molar-refractivity contribution in [3.8, 4) is 11.8 Å². The number of amides is 1. The molecule has 0 aliphatic heterocycles. The molecule has 0 unspecified atom stereocenters. The summed E-state index contributed by atoms with van der Waals surface area (Å²) in [6.07, 6.45) is 0. The van der Waals surface area contributed by atoms with Gasteiger partial charge in [-0.25, -0.2) is 0 Å². The number of halogens is 1. The first-order valence-corrected chi connectivity index (χ1v) is 5.84. The Hall–Kier alpha value is -1.73. The van der Waals surface area contributed by atoms with Crippen LogP contribution in [0.1, 0.15) is 26.3 Å². The number of nitriles is 1. The van der Waals surface area contributed by atoms with Gasteiger partial charge in [0.1, 0.15) is 17.4 Å². The van der Waals surface area contributed by atoms with Gasteiger partial charge in [0.05, 0.1) is 5.02 Å². The summed E-state index contributed by atoms with van der Waals surface area (Å²) >= 11 is 5.85. The maximum Gasteiger partial charge on any atom is 0.258 e. The molecule has 0 aliphatic carbocycles. The molecular weight excluding hydrogens is 252 g/mol. The number of carbonyl (C=O) groups excluding carboxylic acids is 1. The molecule has 0 fully saturated rings. The molecule has 0 saturated heterocycles. The van der Waals surface area contributed by atoms with Crippen LogP contribution in [0.25, 0.3) is 0 Å². The fraction of sp³-hybridized carbons (Fsp3) is 0.385. The van der Waals surface area contributed by atoms with E-state index in [2.05, 4.69) is 5.32 Å². The van der Waals surface area contributed by atoms with Crippen LogP contribution in [-0.4, -0.2) is 18.1 Å². The highest BCUT2D eigenvalue weighted by molar-refractivity contribution is 6.31. The Balaban J connectivity index is 2.68. The third-order valence-corrected chi connectivity index (χ3v) is 2.28. The Morgan fingerprint density at radius 2 is 2.17 bits per heavy atom. The van der Waals surface area contributed by atoms with Gasteiger partial charge >= 0.3 is 0 Å². The maximum atomic E-state index is 11.6. The van der Waals surface area contributed by atoms with Crippen LogP contribution in [-0.2, 0) is 4.79 Å². The SMILES string of the molecule is CC(C)(C)NC(=O)COc1cccc(Cl)c1C#N. The zero-order valence-electron chi connectivity index (χ0n) is 10.6. The van der Waals surface area contributed by atoms with E-state index in [4.69, 9.17) is 21.6 Å². The second-order valence-corrected chi connectivity index (χ2v) is 5.22. The first-order chi connectivity index (χ1) is 8.33. The number of nitrogens with one attached hydrogen (secondary N) is 1. The van der Waals surface area contributed by atoms with Crippen LogP contribution in [0.3, 0.4) is 0 Å². The molecule has 1 aromatic rings. The second kappa shape index (κ2) is 5.74. The van der Waals surface area contributed by atoms with Gasteiger partial charge in [0.25, 0.3) is 5.91 Å². The molecule has 1 aromatic carbocycles. The van der Waals surface area contributed by atoms with Crippen molar-refractivity contribution in [2.24, 2.45) is 0 Å². The lowest BCUT2D eigenvalue weighted by Gasteiger charge is -2.20. The van der Waals surface area contributed by atoms with Gasteiger partial charge in [0.15, 0.2) is 6.61 Å². The minimum Gasteiger partial charge on any atom is -0.482 e. The summed E-state index contributed by atoms with van der Waals surface area (Å²) in [4.78, 5) is 11.6. The predicted octanol–water partition coefficient (Wildman–Crippen LogP) is 2.51. The minimum atomic E-state index is -0.313. The van der Waals surface area contributed by atoms with Crippen LogP contribution in [0.2, 0.25) is 5.02 Å². The lowest BCUT2D eigenvalue weighted by Crippen LogP contribution is -2.43. The Morgan fingerprint density at radius 3 is 2.72 bits per heavy atom. The van der Waals surface area contributed by atoms with Crippen molar-refractivity contribution in [2.45, 2.75) is 26.3 Å². The van der Waals surface area contributed by atoms with Crippen molar-refractivity contribution in [3.63, 3.8) is 0 Å². The van der Waals surface area contributed by atoms with Crippen LogP contribution >= 0.6 is 11.6 Å². The van der Waals surface area contributed by atoms with E-state index in [9.17, 15) is 4.79 Å². The highest BCUT2D eigenvalue weighted by Gasteiger charge is 2.15. The zero-order valence-corrected chi connectivity index (χ0v) is 11.3. The van der Waals surface area contributed by atoms with Crippen LogP contribution in [0.5, 0.6) is 5.75 Å². The van der Waals surface area contributed by atoms with E-state index in [1.807, 2.05) is 26.8 Å². The van der Waals surface area contributed by atoms with Gasteiger partial charge in [-0.05, 0) is 32.9 Å². The zero-order chi connectivity index (χ0) is 13.8. The van der Waals surface area contributed by atoms with Crippen molar-refractivity contribution in [1.82, 2.24) is 5.32 Å². The number of rotatable bonds is 3. The smallest absolute Gasteiger partial charge is 0.258 e. The van der Waals surface area contributed by atoms with Crippen molar-refractivity contribution >= 4 is 17.5 Å². The Kier molecular flexibility index (Phi) is 4.57. The van der Waals surface area contributed by atoms with Gasteiger partial charge in [-0.1, -0.05) is 17.7 Å². The van der Waals surface area contributed by atoms with Crippen LogP contribution in [0.15, 0.2) is 18.2 Å². The summed E-state index contributed by atoms with van der Waals surface area (Å²) in [7, 11) is 0. The number of nitrogens with zero attached hydrogens (tertiary/aromatic N) is 1. The summed E-state index contributed by atoms with van der Waals surface area (Å²) in [5, 5.41) is 12.0. The minimum absolute atomic E-state index is 0.147. The van der Waals surface area contributed by atoms with Gasteiger partial charge in [0, 0.05) is 5.54 Å². The van der Waals surface area contributed by atoms with Crippen molar-refractivity contribution in [1.29, 1.82) is 5.26 Å². The van der Waals surface area contributed by atoms with Crippen LogP contribution in [0.4, 0.5) is 0 Å². The Morgan fingerprint density at radius 1 is 1.50 bits per heavy atom. The number of carbonyl (C=O) groups is 1. The molecule has 0 spiro atoms. The lowest BCUT2D eigenvalue weighted by molar-refractivity contribution is -0.124. The van der Waals surface area contributed by atoms with Crippen LogP contribution in [0, 0.1) is 11.3 Å². The third kappa shape index (κ3) is 4.27. The number of hydrogen-bond donors (Lipinski definition) is 1. The van der Waals surface area contributed by atoms with E-state index >= 15 is 0 Å². The topological polar surface area (TPSA) is 62.1 Å². The van der Waals surface area contributed by atoms with Crippen molar-refractivity contribution < 1.29 is 9.53 Å². The molecule has 0 heterocycles. The quantitative estimate of drug-likeness (QED) is 0.914. The molecular formula is C13H15ClN2O2. The molecule has 5 heteroatoms. The normalized spacial score (nSPS) is 10.6. The summed E-state index contributed by atoms with van der Waals surface area (Å²) in [6, 6.07) is 6.82. The molecule has 0 bridgehead atoms. The van der Waals surface area contributed by atoms with E-state index in [0.29, 0.717) is 10.8 Å². The molecule has 0 atom stereocenters. The van der Waals surface area contributed by atoms with Gasteiger partial charge in [-0.15, -0.1) is 0 Å². The number of ether oxygens (including phenoxy) is 1. The highest BCUT2D eigenvalue weighted by atomic mass is 35.5. The van der Waals surface area contributed by atoms with E-state index in [1.54, 1.807) is 18.2 Å². The fourth-order valence-electron chi connectivity index (χ4n) is 1.33. The van der Waals surface area contributed by atoms with Gasteiger partial charge in [-0.2, -0.15) is 5.26 Å². The summed E-state index contributed by atoms with van der Waals surface area (Å²) in [5.74, 6) is 0.0698. The monoisotopic (exact) mass is 266 g/mol. The van der Waals surface area contributed by atoms with Gasteiger partial charge in [-0.3, -0.25) is 4.79 Å². The highest BCUT2D eigenvalue weighted by Crippen LogP contribution is 2.25. The van der Waals surface area contributed by atoms with E-state index in [0.717, 1.165) is 0 Å². The average Bonchev–Trinajstić information content (AvgIpc) is 2.24. The van der Waals surface area contributed by atoms with Crippen molar-refractivity contribution in [3.05, 3.63) is 28.8 Å². The van der Waals surface area contributed by atoms with Gasteiger partial charge < -0.3 is 10.1 Å². The molecule has 1 N–H and O–H groups in total. The first kappa shape index (κ1) is 14.3. The molecule has 0 radical (unpaired) electrons. The molecule has 0 saturated carbocycles. The number of hydrogen-bond acceptors (Lipinski definition) is 3. The van der Waals surface area contributed by atoms with E-state index < -0.39 is 0 Å². The van der Waals surface area contributed by atoms with Crippen molar-refractivity contribution in [2.75, 3.05) is 6.61 Å². The Labute approximate surface area is 112 Å².